The second kappa shape index (κ2) is 5.25. The zero-order chi connectivity index (χ0) is 11.4. The number of aliphatic hydroxyl groups is 1. The standard InChI is InChI=1S/C12H20N2OS/c1-2-5-14-6-3-12(15,4-7-14)8-11-9-13-10-16-11/h9-10,15H,2-8H2,1H3. The molecule has 1 aliphatic rings. The summed E-state index contributed by atoms with van der Waals surface area (Å²) in [6, 6.07) is 0. The molecule has 0 saturated carbocycles. The van der Waals surface area contributed by atoms with Gasteiger partial charge in [-0.15, -0.1) is 11.3 Å². The van der Waals surface area contributed by atoms with Crippen LogP contribution < -0.4 is 0 Å². The van der Waals surface area contributed by atoms with Crippen molar-refractivity contribution in [1.29, 1.82) is 0 Å². The Hall–Kier alpha value is -0.450. The summed E-state index contributed by atoms with van der Waals surface area (Å²) in [5.74, 6) is 0. The number of aromatic nitrogens is 1. The van der Waals surface area contributed by atoms with Crippen molar-refractivity contribution in [1.82, 2.24) is 9.88 Å². The third-order valence-electron chi connectivity index (χ3n) is 3.31. The fraction of sp³-hybridized carbons (Fsp3) is 0.750. The van der Waals surface area contributed by atoms with Crippen LogP contribution in [0.4, 0.5) is 0 Å². The predicted molar refractivity (Wildman–Crippen MR) is 66.7 cm³/mol. The van der Waals surface area contributed by atoms with E-state index in [-0.39, 0.29) is 0 Å². The smallest absolute Gasteiger partial charge is 0.0794 e. The summed E-state index contributed by atoms with van der Waals surface area (Å²) in [7, 11) is 0. The molecule has 2 heterocycles. The third-order valence-corrected chi connectivity index (χ3v) is 4.09. The zero-order valence-corrected chi connectivity index (χ0v) is 10.7. The van der Waals surface area contributed by atoms with Crippen molar-refractivity contribution >= 4 is 11.3 Å². The largest absolute Gasteiger partial charge is 0.389 e. The molecule has 0 aliphatic carbocycles. The molecule has 1 saturated heterocycles. The molecule has 3 nitrogen and oxygen atoms in total. The minimum Gasteiger partial charge on any atom is -0.389 e. The number of piperidine rings is 1. The maximum Gasteiger partial charge on any atom is 0.0794 e. The Morgan fingerprint density at radius 3 is 2.81 bits per heavy atom. The summed E-state index contributed by atoms with van der Waals surface area (Å²) < 4.78 is 0. The number of hydrogen-bond acceptors (Lipinski definition) is 4. The van der Waals surface area contributed by atoms with Gasteiger partial charge >= 0.3 is 0 Å². The van der Waals surface area contributed by atoms with Crippen LogP contribution in [0.15, 0.2) is 11.7 Å². The van der Waals surface area contributed by atoms with Crippen molar-refractivity contribution < 1.29 is 5.11 Å². The molecule has 0 radical (unpaired) electrons. The lowest BCUT2D eigenvalue weighted by molar-refractivity contribution is -0.0199. The van der Waals surface area contributed by atoms with Gasteiger partial charge < -0.3 is 10.0 Å². The molecular weight excluding hydrogens is 220 g/mol. The van der Waals surface area contributed by atoms with Crippen LogP contribution in [-0.4, -0.2) is 40.2 Å². The van der Waals surface area contributed by atoms with Gasteiger partial charge in [0.15, 0.2) is 0 Å². The van der Waals surface area contributed by atoms with Crippen LogP contribution in [0.2, 0.25) is 0 Å². The lowest BCUT2D eigenvalue weighted by Crippen LogP contribution is -2.45. The van der Waals surface area contributed by atoms with Gasteiger partial charge in [-0.05, 0) is 25.8 Å². The van der Waals surface area contributed by atoms with E-state index in [1.165, 1.54) is 11.3 Å². The predicted octanol–water partition coefficient (Wildman–Crippen LogP) is 1.92. The van der Waals surface area contributed by atoms with Gasteiger partial charge in [-0.3, -0.25) is 4.98 Å². The van der Waals surface area contributed by atoms with Gasteiger partial charge in [0, 0.05) is 30.6 Å². The summed E-state index contributed by atoms with van der Waals surface area (Å²) in [6.45, 7) is 5.43. The van der Waals surface area contributed by atoms with E-state index >= 15 is 0 Å². The van der Waals surface area contributed by atoms with Crippen molar-refractivity contribution in [3.05, 3.63) is 16.6 Å². The van der Waals surface area contributed by atoms with Crippen LogP contribution in [0.1, 0.15) is 31.1 Å². The Kier molecular flexibility index (Phi) is 3.95. The summed E-state index contributed by atoms with van der Waals surface area (Å²) in [5.41, 5.74) is 1.35. The van der Waals surface area contributed by atoms with Gasteiger partial charge in [0.05, 0.1) is 11.1 Å². The third kappa shape index (κ3) is 3.03. The van der Waals surface area contributed by atoms with Crippen molar-refractivity contribution in [3.63, 3.8) is 0 Å². The molecule has 16 heavy (non-hydrogen) atoms. The van der Waals surface area contributed by atoms with Crippen LogP contribution >= 0.6 is 11.3 Å². The molecule has 4 heteroatoms. The average Bonchev–Trinajstić information content (AvgIpc) is 2.74. The van der Waals surface area contributed by atoms with Crippen LogP contribution in [0.5, 0.6) is 0 Å². The maximum absolute atomic E-state index is 10.5. The first-order valence-corrected chi connectivity index (χ1v) is 6.92. The van der Waals surface area contributed by atoms with E-state index in [4.69, 9.17) is 0 Å². The maximum atomic E-state index is 10.5. The molecule has 0 amide bonds. The minimum atomic E-state index is -0.489. The van der Waals surface area contributed by atoms with E-state index in [9.17, 15) is 5.11 Å². The molecule has 0 atom stereocenters. The molecule has 1 fully saturated rings. The summed E-state index contributed by atoms with van der Waals surface area (Å²) in [5, 5.41) is 10.5. The highest BCUT2D eigenvalue weighted by Crippen LogP contribution is 2.27. The highest BCUT2D eigenvalue weighted by molar-refractivity contribution is 7.09. The molecule has 1 aliphatic heterocycles. The van der Waals surface area contributed by atoms with E-state index in [2.05, 4.69) is 16.8 Å². The first kappa shape index (κ1) is 12.0. The lowest BCUT2D eigenvalue weighted by Gasteiger charge is -2.37. The first-order chi connectivity index (χ1) is 7.72. The summed E-state index contributed by atoms with van der Waals surface area (Å²) in [6.07, 6.45) is 5.64. The van der Waals surface area contributed by atoms with Crippen molar-refractivity contribution in [2.75, 3.05) is 19.6 Å². The Labute approximate surface area is 101 Å². The van der Waals surface area contributed by atoms with Crippen molar-refractivity contribution in [2.45, 2.75) is 38.2 Å². The fourth-order valence-corrected chi connectivity index (χ4v) is 3.07. The van der Waals surface area contributed by atoms with Gasteiger partial charge in [-0.1, -0.05) is 6.92 Å². The lowest BCUT2D eigenvalue weighted by atomic mass is 9.88. The summed E-state index contributed by atoms with van der Waals surface area (Å²) >= 11 is 1.64. The van der Waals surface area contributed by atoms with Crippen molar-refractivity contribution in [2.24, 2.45) is 0 Å². The molecule has 0 spiro atoms. The Balaban J connectivity index is 1.86. The molecule has 0 aromatic carbocycles. The van der Waals surface area contributed by atoms with E-state index in [1.807, 2.05) is 11.7 Å². The normalized spacial score (nSPS) is 21.1. The van der Waals surface area contributed by atoms with Crippen LogP contribution in [-0.2, 0) is 6.42 Å². The minimum absolute atomic E-state index is 0.489. The number of likely N-dealkylation sites (tertiary alicyclic amines) is 1. The SMILES string of the molecule is CCCN1CCC(O)(Cc2cncs2)CC1. The molecule has 2 rings (SSSR count). The van der Waals surface area contributed by atoms with Gasteiger partial charge in [0.1, 0.15) is 0 Å². The van der Waals surface area contributed by atoms with E-state index in [1.54, 1.807) is 11.3 Å². The van der Waals surface area contributed by atoms with Gasteiger partial charge in [0.2, 0.25) is 0 Å². The van der Waals surface area contributed by atoms with E-state index in [0.717, 1.165) is 38.9 Å². The number of hydrogen-bond donors (Lipinski definition) is 1. The number of thiazole rings is 1. The monoisotopic (exact) mass is 240 g/mol. The van der Waals surface area contributed by atoms with Crippen LogP contribution in [0, 0.1) is 0 Å². The van der Waals surface area contributed by atoms with Crippen LogP contribution in [0.25, 0.3) is 0 Å². The second-order valence-electron chi connectivity index (χ2n) is 4.71. The quantitative estimate of drug-likeness (QED) is 0.873. The number of rotatable bonds is 4. The summed E-state index contributed by atoms with van der Waals surface area (Å²) in [4.78, 5) is 7.71. The average molecular weight is 240 g/mol. The fourth-order valence-electron chi connectivity index (χ4n) is 2.34. The Bertz CT molecular complexity index is 305. The van der Waals surface area contributed by atoms with Gasteiger partial charge in [-0.25, -0.2) is 0 Å². The zero-order valence-electron chi connectivity index (χ0n) is 9.85. The molecular formula is C12H20N2OS. The molecule has 1 aromatic rings. The number of nitrogens with zero attached hydrogens (tertiary/aromatic N) is 2. The second-order valence-corrected chi connectivity index (χ2v) is 5.68. The van der Waals surface area contributed by atoms with E-state index in [0.29, 0.717) is 0 Å². The topological polar surface area (TPSA) is 36.4 Å². The van der Waals surface area contributed by atoms with Crippen LogP contribution in [0.3, 0.4) is 0 Å². The Morgan fingerprint density at radius 1 is 1.50 bits per heavy atom. The van der Waals surface area contributed by atoms with Gasteiger partial charge in [0.25, 0.3) is 0 Å². The molecule has 1 N–H and O–H groups in total. The molecule has 90 valence electrons. The first-order valence-electron chi connectivity index (χ1n) is 6.04. The Morgan fingerprint density at radius 2 is 2.25 bits per heavy atom. The molecule has 1 aromatic heterocycles. The highest BCUT2D eigenvalue weighted by Gasteiger charge is 2.32. The molecule has 0 bridgehead atoms. The van der Waals surface area contributed by atoms with Gasteiger partial charge in [-0.2, -0.15) is 0 Å². The van der Waals surface area contributed by atoms with E-state index < -0.39 is 5.60 Å². The highest BCUT2D eigenvalue weighted by atomic mass is 32.1. The van der Waals surface area contributed by atoms with Crippen molar-refractivity contribution in [3.8, 4) is 0 Å². The molecule has 0 unspecified atom stereocenters.